The van der Waals surface area contributed by atoms with Crippen molar-refractivity contribution >= 4 is 5.69 Å². The van der Waals surface area contributed by atoms with E-state index in [-0.39, 0.29) is 11.6 Å². The molecule has 0 aromatic heterocycles. The molecule has 0 bridgehead atoms. The summed E-state index contributed by atoms with van der Waals surface area (Å²) in [6, 6.07) is 1.47. The van der Waals surface area contributed by atoms with Crippen molar-refractivity contribution in [3.05, 3.63) is 29.6 Å². The Morgan fingerprint density at radius 3 is 2.56 bits per heavy atom. The number of halogens is 3. The SMILES string of the molecule is CC1CNCCCN(c2c(F)cc(F)cc2F)C1. The van der Waals surface area contributed by atoms with E-state index in [2.05, 4.69) is 5.32 Å². The first-order valence-electron chi connectivity index (χ1n) is 6.18. The molecule has 1 saturated heterocycles. The summed E-state index contributed by atoms with van der Waals surface area (Å²) in [5, 5.41) is 3.27. The Hall–Kier alpha value is -1.23. The van der Waals surface area contributed by atoms with Gasteiger partial charge in [0.1, 0.15) is 11.5 Å². The molecule has 1 N–H and O–H groups in total. The maximum absolute atomic E-state index is 13.7. The maximum atomic E-state index is 13.7. The van der Waals surface area contributed by atoms with Crippen molar-refractivity contribution in [2.45, 2.75) is 13.3 Å². The number of rotatable bonds is 1. The van der Waals surface area contributed by atoms with Crippen LogP contribution in [0.15, 0.2) is 12.1 Å². The Morgan fingerprint density at radius 2 is 1.89 bits per heavy atom. The molecule has 1 aromatic rings. The zero-order valence-electron chi connectivity index (χ0n) is 10.3. The first kappa shape index (κ1) is 13.2. The van der Waals surface area contributed by atoms with Gasteiger partial charge in [0.25, 0.3) is 0 Å². The second-order valence-electron chi connectivity index (χ2n) is 4.83. The fourth-order valence-corrected chi connectivity index (χ4v) is 2.32. The van der Waals surface area contributed by atoms with Crippen LogP contribution in [0.25, 0.3) is 0 Å². The fourth-order valence-electron chi connectivity index (χ4n) is 2.32. The number of hydrogen-bond acceptors (Lipinski definition) is 2. The number of nitrogens with one attached hydrogen (secondary N) is 1. The van der Waals surface area contributed by atoms with Crippen LogP contribution in [0.5, 0.6) is 0 Å². The molecular weight excluding hydrogens is 241 g/mol. The molecule has 1 fully saturated rings. The average molecular weight is 258 g/mol. The van der Waals surface area contributed by atoms with Crippen molar-refractivity contribution in [2.75, 3.05) is 31.1 Å². The van der Waals surface area contributed by atoms with Crippen LogP contribution in [-0.4, -0.2) is 26.2 Å². The largest absolute Gasteiger partial charge is 0.366 e. The van der Waals surface area contributed by atoms with Crippen LogP contribution in [0.3, 0.4) is 0 Å². The van der Waals surface area contributed by atoms with Gasteiger partial charge in [0.2, 0.25) is 0 Å². The molecule has 0 spiro atoms. The summed E-state index contributed by atoms with van der Waals surface area (Å²) < 4.78 is 40.3. The Kier molecular flexibility index (Phi) is 4.11. The Bertz CT molecular complexity index is 400. The van der Waals surface area contributed by atoms with E-state index in [1.165, 1.54) is 0 Å². The summed E-state index contributed by atoms with van der Waals surface area (Å²) in [4.78, 5) is 1.68. The molecule has 1 aromatic carbocycles. The van der Waals surface area contributed by atoms with Gasteiger partial charge in [-0.3, -0.25) is 0 Å². The number of hydrogen-bond donors (Lipinski definition) is 1. The Labute approximate surface area is 105 Å². The lowest BCUT2D eigenvalue weighted by molar-refractivity contribution is 0.455. The number of anilines is 1. The van der Waals surface area contributed by atoms with Gasteiger partial charge >= 0.3 is 0 Å². The van der Waals surface area contributed by atoms with Gasteiger partial charge in [-0.25, -0.2) is 13.2 Å². The van der Waals surface area contributed by atoms with E-state index >= 15 is 0 Å². The van der Waals surface area contributed by atoms with Gasteiger partial charge in [-0.1, -0.05) is 6.92 Å². The molecule has 0 radical (unpaired) electrons. The van der Waals surface area contributed by atoms with E-state index in [4.69, 9.17) is 0 Å². The third kappa shape index (κ3) is 2.96. The summed E-state index contributed by atoms with van der Waals surface area (Å²) in [5.74, 6) is -2.24. The van der Waals surface area contributed by atoms with Gasteiger partial charge < -0.3 is 10.2 Å². The van der Waals surface area contributed by atoms with E-state index < -0.39 is 17.5 Å². The minimum atomic E-state index is -0.879. The van der Waals surface area contributed by atoms with Crippen molar-refractivity contribution in [2.24, 2.45) is 5.92 Å². The predicted octanol–water partition coefficient (Wildman–Crippen LogP) is 2.54. The van der Waals surface area contributed by atoms with Crippen LogP contribution < -0.4 is 10.2 Å². The highest BCUT2D eigenvalue weighted by Gasteiger charge is 2.21. The van der Waals surface area contributed by atoms with Crippen LogP contribution in [0.2, 0.25) is 0 Å². The second kappa shape index (κ2) is 5.61. The molecule has 18 heavy (non-hydrogen) atoms. The second-order valence-corrected chi connectivity index (χ2v) is 4.83. The van der Waals surface area contributed by atoms with Crippen LogP contribution in [0.1, 0.15) is 13.3 Å². The van der Waals surface area contributed by atoms with Crippen LogP contribution >= 0.6 is 0 Å². The molecule has 1 atom stereocenters. The smallest absolute Gasteiger partial charge is 0.152 e. The van der Waals surface area contributed by atoms with Gasteiger partial charge in [-0.2, -0.15) is 0 Å². The molecular formula is C13H17F3N2. The molecule has 100 valence electrons. The van der Waals surface area contributed by atoms with Crippen molar-refractivity contribution in [1.82, 2.24) is 5.32 Å². The van der Waals surface area contributed by atoms with Crippen LogP contribution in [0, 0.1) is 23.4 Å². The highest BCUT2D eigenvalue weighted by atomic mass is 19.1. The van der Waals surface area contributed by atoms with Crippen molar-refractivity contribution in [3.8, 4) is 0 Å². The maximum Gasteiger partial charge on any atom is 0.152 e. The molecule has 1 heterocycles. The van der Waals surface area contributed by atoms with Gasteiger partial charge in [-0.05, 0) is 25.4 Å². The van der Waals surface area contributed by atoms with Crippen LogP contribution in [0.4, 0.5) is 18.9 Å². The third-order valence-corrected chi connectivity index (χ3v) is 3.10. The third-order valence-electron chi connectivity index (χ3n) is 3.10. The molecule has 1 unspecified atom stereocenters. The van der Waals surface area contributed by atoms with Crippen molar-refractivity contribution < 1.29 is 13.2 Å². The number of benzene rings is 1. The minimum Gasteiger partial charge on any atom is -0.366 e. The lowest BCUT2D eigenvalue weighted by atomic mass is 10.1. The monoisotopic (exact) mass is 258 g/mol. The van der Waals surface area contributed by atoms with E-state index in [0.29, 0.717) is 13.1 Å². The summed E-state index contributed by atoms with van der Waals surface area (Å²) in [6.45, 7) is 4.79. The van der Waals surface area contributed by atoms with Gasteiger partial charge in [0.05, 0.1) is 0 Å². The van der Waals surface area contributed by atoms with E-state index in [1.54, 1.807) is 4.90 Å². The normalized spacial score (nSPS) is 21.6. The molecule has 1 aliphatic rings. The molecule has 2 rings (SSSR count). The highest BCUT2D eigenvalue weighted by Crippen LogP contribution is 2.26. The summed E-state index contributed by atoms with van der Waals surface area (Å²) in [5.41, 5.74) is -0.106. The minimum absolute atomic E-state index is 0.106. The van der Waals surface area contributed by atoms with Crippen molar-refractivity contribution in [3.63, 3.8) is 0 Å². The lowest BCUT2D eigenvalue weighted by Gasteiger charge is -2.31. The fraction of sp³-hybridized carbons (Fsp3) is 0.538. The number of nitrogens with zero attached hydrogens (tertiary/aromatic N) is 1. The average Bonchev–Trinajstić information content (AvgIpc) is 2.23. The summed E-state index contributed by atoms with van der Waals surface area (Å²) in [6.07, 6.45) is 0.809. The van der Waals surface area contributed by atoms with E-state index in [0.717, 1.165) is 31.6 Å². The highest BCUT2D eigenvalue weighted by molar-refractivity contribution is 5.49. The Balaban J connectivity index is 2.28. The summed E-state index contributed by atoms with van der Waals surface area (Å²) in [7, 11) is 0. The van der Waals surface area contributed by atoms with Gasteiger partial charge in [-0.15, -0.1) is 0 Å². The summed E-state index contributed by atoms with van der Waals surface area (Å²) >= 11 is 0. The van der Waals surface area contributed by atoms with E-state index in [1.807, 2.05) is 6.92 Å². The first-order chi connectivity index (χ1) is 8.58. The van der Waals surface area contributed by atoms with Gasteiger partial charge in [0, 0.05) is 25.2 Å². The molecule has 0 saturated carbocycles. The molecule has 2 nitrogen and oxygen atoms in total. The van der Waals surface area contributed by atoms with E-state index in [9.17, 15) is 13.2 Å². The Morgan fingerprint density at radius 1 is 1.22 bits per heavy atom. The first-order valence-corrected chi connectivity index (χ1v) is 6.18. The zero-order valence-corrected chi connectivity index (χ0v) is 10.3. The van der Waals surface area contributed by atoms with Crippen LogP contribution in [-0.2, 0) is 0 Å². The quantitative estimate of drug-likeness (QED) is 0.832. The lowest BCUT2D eigenvalue weighted by Crippen LogP contribution is -2.39. The molecule has 0 aliphatic carbocycles. The molecule has 1 aliphatic heterocycles. The van der Waals surface area contributed by atoms with Gasteiger partial charge in [0.15, 0.2) is 11.6 Å². The molecule has 5 heteroatoms. The molecule has 0 amide bonds. The zero-order chi connectivity index (χ0) is 13.1. The van der Waals surface area contributed by atoms with Crippen molar-refractivity contribution in [1.29, 1.82) is 0 Å². The topological polar surface area (TPSA) is 15.3 Å². The standard InChI is InChI=1S/C13H17F3N2/c1-9-7-17-3-2-4-18(8-9)13-11(15)5-10(14)6-12(13)16/h5-6,9,17H,2-4,7-8H2,1H3. The predicted molar refractivity (Wildman–Crippen MR) is 65.2 cm³/mol.